The lowest BCUT2D eigenvalue weighted by atomic mass is 10.1. The molecule has 0 rings (SSSR count). The molecule has 0 aliphatic rings. The minimum Gasteiger partial charge on any atom is -0.520 e. The number of alkyl halides is 1. The Labute approximate surface area is 106 Å². The number of hydrogen-bond acceptors (Lipinski definition) is 2. The van der Waals surface area contributed by atoms with Gasteiger partial charge in [0.25, 0.3) is 5.97 Å². The minimum atomic E-state index is -1.70. The molecule has 0 amide bonds. The Morgan fingerprint density at radius 2 is 1.41 bits per heavy atom. The van der Waals surface area contributed by atoms with Crippen molar-refractivity contribution >= 4 is 14.3 Å². The summed E-state index contributed by atoms with van der Waals surface area (Å²) in [5.74, 6) is -0.0402. The fourth-order valence-electron chi connectivity index (χ4n) is 1.64. The van der Waals surface area contributed by atoms with Gasteiger partial charge >= 0.3 is 0 Å². The number of rotatable bonds is 10. The minimum absolute atomic E-state index is 0.0402. The molecule has 17 heavy (non-hydrogen) atoms. The van der Waals surface area contributed by atoms with Crippen LogP contribution in [-0.2, 0) is 9.22 Å². The highest BCUT2D eigenvalue weighted by molar-refractivity contribution is 6.71. The molecule has 0 saturated heterocycles. The molecule has 0 aromatic heterocycles. The van der Waals surface area contributed by atoms with Crippen molar-refractivity contribution in [3.63, 3.8) is 0 Å². The third-order valence-electron chi connectivity index (χ3n) is 2.43. The Kier molecular flexibility index (Phi) is 9.41. The summed E-state index contributed by atoms with van der Waals surface area (Å²) in [6.07, 6.45) is 7.66. The van der Waals surface area contributed by atoms with Gasteiger partial charge in [0.2, 0.25) is 8.32 Å². The zero-order valence-electron chi connectivity index (χ0n) is 11.6. The van der Waals surface area contributed by atoms with Gasteiger partial charge in [-0.15, -0.1) is 0 Å². The molecule has 4 heteroatoms. The van der Waals surface area contributed by atoms with Crippen LogP contribution in [0.1, 0.15) is 51.4 Å². The van der Waals surface area contributed by atoms with E-state index in [1.807, 2.05) is 19.6 Å². The maximum atomic E-state index is 11.8. The Morgan fingerprint density at radius 3 is 1.88 bits per heavy atom. The summed E-state index contributed by atoms with van der Waals surface area (Å²) in [7, 11) is -1.70. The van der Waals surface area contributed by atoms with Gasteiger partial charge in [-0.3, -0.25) is 9.18 Å². The summed E-state index contributed by atoms with van der Waals surface area (Å²) < 4.78 is 17.2. The summed E-state index contributed by atoms with van der Waals surface area (Å²) in [5, 5.41) is 0. The molecular weight excluding hydrogens is 235 g/mol. The highest BCUT2D eigenvalue weighted by atomic mass is 28.4. The summed E-state index contributed by atoms with van der Waals surface area (Å²) in [5.41, 5.74) is 0. The Bertz CT molecular complexity index is 202. The van der Waals surface area contributed by atoms with Gasteiger partial charge in [-0.2, -0.15) is 0 Å². The average molecular weight is 262 g/mol. The van der Waals surface area contributed by atoms with Crippen LogP contribution in [0.2, 0.25) is 19.6 Å². The van der Waals surface area contributed by atoms with Crippen LogP contribution in [-0.4, -0.2) is 21.0 Å². The standard InChI is InChI=1S/C13H27FO2Si/c1-17(2,3)16-13(15)11-9-7-5-4-6-8-10-12-14/h4-12H2,1-3H3. The number of halogens is 1. The second kappa shape index (κ2) is 9.63. The van der Waals surface area contributed by atoms with E-state index >= 15 is 0 Å². The van der Waals surface area contributed by atoms with Crippen LogP contribution in [0.15, 0.2) is 0 Å². The molecule has 0 atom stereocenters. The van der Waals surface area contributed by atoms with E-state index in [-0.39, 0.29) is 12.6 Å². The maximum Gasteiger partial charge on any atom is 0.292 e. The van der Waals surface area contributed by atoms with Crippen LogP contribution in [0.5, 0.6) is 0 Å². The van der Waals surface area contributed by atoms with E-state index in [1.54, 1.807) is 0 Å². The van der Waals surface area contributed by atoms with Crippen molar-refractivity contribution in [1.29, 1.82) is 0 Å². The van der Waals surface area contributed by atoms with Crippen molar-refractivity contribution in [3.8, 4) is 0 Å². The van der Waals surface area contributed by atoms with Crippen molar-refractivity contribution in [3.05, 3.63) is 0 Å². The van der Waals surface area contributed by atoms with Crippen LogP contribution in [0, 0.1) is 0 Å². The first-order valence-corrected chi connectivity index (χ1v) is 10.1. The van der Waals surface area contributed by atoms with Crippen LogP contribution in [0.25, 0.3) is 0 Å². The summed E-state index contributed by atoms with van der Waals surface area (Å²) >= 11 is 0. The zero-order chi connectivity index (χ0) is 13.1. The highest BCUT2D eigenvalue weighted by Crippen LogP contribution is 2.11. The second-order valence-corrected chi connectivity index (χ2v) is 9.93. The molecule has 0 aliphatic carbocycles. The van der Waals surface area contributed by atoms with Crippen LogP contribution in [0.3, 0.4) is 0 Å². The molecule has 0 radical (unpaired) electrons. The first-order chi connectivity index (χ1) is 7.95. The van der Waals surface area contributed by atoms with E-state index in [4.69, 9.17) is 4.43 Å². The van der Waals surface area contributed by atoms with Crippen LogP contribution >= 0.6 is 0 Å². The lowest BCUT2D eigenvalue weighted by Crippen LogP contribution is -2.28. The molecule has 0 spiro atoms. The lowest BCUT2D eigenvalue weighted by molar-refractivity contribution is -0.135. The Balaban J connectivity index is 3.25. The summed E-state index contributed by atoms with van der Waals surface area (Å²) in [6, 6.07) is 0. The SMILES string of the molecule is C[Si](C)(C)OC(=O)CCCCCCCCCF. The molecule has 0 aromatic rings. The molecule has 0 unspecified atom stereocenters. The van der Waals surface area contributed by atoms with E-state index in [0.717, 1.165) is 38.5 Å². The third-order valence-corrected chi connectivity index (χ3v) is 3.27. The Morgan fingerprint density at radius 1 is 0.941 bits per heavy atom. The fourth-order valence-corrected chi connectivity index (χ4v) is 2.43. The van der Waals surface area contributed by atoms with Crippen LogP contribution in [0.4, 0.5) is 4.39 Å². The molecular formula is C13H27FO2Si. The van der Waals surface area contributed by atoms with Gasteiger partial charge in [-0.25, -0.2) is 0 Å². The van der Waals surface area contributed by atoms with Crippen molar-refractivity contribution in [1.82, 2.24) is 0 Å². The van der Waals surface area contributed by atoms with Crippen molar-refractivity contribution in [2.24, 2.45) is 0 Å². The molecule has 2 nitrogen and oxygen atoms in total. The molecule has 0 saturated carbocycles. The monoisotopic (exact) mass is 262 g/mol. The fraction of sp³-hybridized carbons (Fsp3) is 0.923. The quantitative estimate of drug-likeness (QED) is 0.429. The molecule has 0 aromatic carbocycles. The van der Waals surface area contributed by atoms with Gasteiger partial charge in [-0.1, -0.05) is 32.1 Å². The maximum absolute atomic E-state index is 11.8. The molecule has 0 N–H and O–H groups in total. The zero-order valence-corrected chi connectivity index (χ0v) is 12.6. The van der Waals surface area contributed by atoms with E-state index in [0.29, 0.717) is 12.8 Å². The van der Waals surface area contributed by atoms with Gasteiger partial charge in [0.1, 0.15) is 0 Å². The first-order valence-electron chi connectivity index (χ1n) is 6.73. The van der Waals surface area contributed by atoms with Gasteiger partial charge in [0.15, 0.2) is 0 Å². The molecule has 0 heterocycles. The number of carbonyl (C=O) groups is 1. The van der Waals surface area contributed by atoms with E-state index in [2.05, 4.69) is 0 Å². The van der Waals surface area contributed by atoms with Crippen molar-refractivity contribution < 1.29 is 13.6 Å². The molecule has 0 fully saturated rings. The van der Waals surface area contributed by atoms with E-state index < -0.39 is 8.32 Å². The van der Waals surface area contributed by atoms with E-state index in [1.165, 1.54) is 0 Å². The molecule has 0 aliphatic heterocycles. The van der Waals surface area contributed by atoms with Crippen molar-refractivity contribution in [2.75, 3.05) is 6.67 Å². The number of hydrogen-bond donors (Lipinski definition) is 0. The molecule has 0 bridgehead atoms. The smallest absolute Gasteiger partial charge is 0.292 e. The predicted molar refractivity (Wildman–Crippen MR) is 72.3 cm³/mol. The summed E-state index contributed by atoms with van der Waals surface area (Å²) in [6.45, 7) is 5.88. The van der Waals surface area contributed by atoms with E-state index in [9.17, 15) is 9.18 Å². The predicted octanol–water partition coefficient (Wildman–Crippen LogP) is 4.45. The number of unbranched alkanes of at least 4 members (excludes halogenated alkanes) is 6. The second-order valence-electron chi connectivity index (χ2n) is 5.50. The normalized spacial score (nSPS) is 11.5. The first kappa shape index (κ1) is 16.6. The third kappa shape index (κ3) is 13.6. The van der Waals surface area contributed by atoms with Crippen LogP contribution < -0.4 is 0 Å². The van der Waals surface area contributed by atoms with Crippen molar-refractivity contribution in [2.45, 2.75) is 71.0 Å². The average Bonchev–Trinajstić information content (AvgIpc) is 2.19. The lowest BCUT2D eigenvalue weighted by Gasteiger charge is -2.17. The topological polar surface area (TPSA) is 26.3 Å². The molecule has 102 valence electrons. The summed E-state index contributed by atoms with van der Waals surface area (Å²) in [4.78, 5) is 11.4. The van der Waals surface area contributed by atoms with Gasteiger partial charge in [0, 0.05) is 6.42 Å². The van der Waals surface area contributed by atoms with Gasteiger partial charge in [-0.05, 0) is 32.5 Å². The Hall–Kier alpha value is -0.383. The van der Waals surface area contributed by atoms with Gasteiger partial charge < -0.3 is 4.43 Å². The van der Waals surface area contributed by atoms with Gasteiger partial charge in [0.05, 0.1) is 6.67 Å². The largest absolute Gasteiger partial charge is 0.520 e. The number of carbonyl (C=O) groups excluding carboxylic acids is 1. The highest BCUT2D eigenvalue weighted by Gasteiger charge is 2.19.